The summed E-state index contributed by atoms with van der Waals surface area (Å²) < 4.78 is 33.5. The molecule has 0 aromatic heterocycles. The van der Waals surface area contributed by atoms with Gasteiger partial charge in [0.2, 0.25) is 5.91 Å². The van der Waals surface area contributed by atoms with E-state index in [1.54, 1.807) is 30.3 Å². The molecule has 0 unspecified atom stereocenters. The normalized spacial score (nSPS) is 11.3. The van der Waals surface area contributed by atoms with Gasteiger partial charge in [0.15, 0.2) is 0 Å². The Morgan fingerprint density at radius 1 is 0.939 bits per heavy atom. The predicted octanol–water partition coefficient (Wildman–Crippen LogP) is 4.51. The number of ether oxygens (including phenoxy) is 1. The van der Waals surface area contributed by atoms with Crippen LogP contribution in [-0.4, -0.2) is 34.0 Å². The summed E-state index contributed by atoms with van der Waals surface area (Å²) in [5, 5.41) is 2.75. The van der Waals surface area contributed by atoms with Crippen molar-refractivity contribution in [2.45, 2.75) is 31.6 Å². The lowest BCUT2D eigenvalue weighted by molar-refractivity contribution is -0.119. The lowest BCUT2D eigenvalue weighted by Gasteiger charge is -2.24. The fourth-order valence-electron chi connectivity index (χ4n) is 3.24. The molecule has 0 bridgehead atoms. The molecule has 33 heavy (non-hydrogen) atoms. The highest BCUT2D eigenvalue weighted by molar-refractivity contribution is 7.92. The summed E-state index contributed by atoms with van der Waals surface area (Å²) in [6.45, 7) is 6.35. The number of anilines is 1. The fraction of sp³-hybridized carbons (Fsp3) is 0.269. The van der Waals surface area contributed by atoms with Gasteiger partial charge in [0.1, 0.15) is 18.9 Å². The van der Waals surface area contributed by atoms with Gasteiger partial charge in [-0.3, -0.25) is 9.10 Å². The standard InChI is InChI=1S/C26H30N2O4S/c1-20(2)22-11-13-23(14-12-22)28(33(30,31)25-7-5-4-6-8-25)19-26(29)27-17-18-32-24-15-9-21(3)10-16-24/h4-16,20H,17-19H2,1-3H3,(H,27,29). The first kappa shape index (κ1) is 24.3. The number of aryl methyl sites for hydroxylation is 1. The van der Waals surface area contributed by atoms with Crippen molar-refractivity contribution in [3.63, 3.8) is 0 Å². The topological polar surface area (TPSA) is 75.7 Å². The van der Waals surface area contributed by atoms with E-state index in [-0.39, 0.29) is 24.6 Å². The molecule has 0 heterocycles. The molecule has 3 aromatic rings. The maximum absolute atomic E-state index is 13.4. The van der Waals surface area contributed by atoms with Crippen LogP contribution in [0.25, 0.3) is 0 Å². The molecule has 0 saturated carbocycles. The van der Waals surface area contributed by atoms with Gasteiger partial charge in [0.25, 0.3) is 10.0 Å². The molecule has 1 amide bonds. The van der Waals surface area contributed by atoms with Gasteiger partial charge >= 0.3 is 0 Å². The minimum absolute atomic E-state index is 0.133. The van der Waals surface area contributed by atoms with Gasteiger partial charge in [0.05, 0.1) is 17.1 Å². The second-order valence-corrected chi connectivity index (χ2v) is 9.94. The molecule has 0 aliphatic rings. The fourth-order valence-corrected chi connectivity index (χ4v) is 4.68. The van der Waals surface area contributed by atoms with Gasteiger partial charge < -0.3 is 10.1 Å². The smallest absolute Gasteiger partial charge is 0.264 e. The molecule has 3 rings (SSSR count). The van der Waals surface area contributed by atoms with E-state index in [1.807, 2.05) is 43.3 Å². The van der Waals surface area contributed by atoms with Crippen molar-refractivity contribution in [3.05, 3.63) is 90.0 Å². The van der Waals surface area contributed by atoms with E-state index in [4.69, 9.17) is 4.74 Å². The van der Waals surface area contributed by atoms with Crippen LogP contribution in [0.2, 0.25) is 0 Å². The number of hydrogen-bond donors (Lipinski definition) is 1. The number of nitrogens with zero attached hydrogens (tertiary/aromatic N) is 1. The summed E-state index contributed by atoms with van der Waals surface area (Å²) in [6, 6.07) is 23.0. The average Bonchev–Trinajstić information content (AvgIpc) is 2.82. The third-order valence-electron chi connectivity index (χ3n) is 5.18. The van der Waals surface area contributed by atoms with Crippen molar-refractivity contribution in [1.29, 1.82) is 0 Å². The van der Waals surface area contributed by atoms with Crippen molar-refractivity contribution < 1.29 is 17.9 Å². The van der Waals surface area contributed by atoms with Gasteiger partial charge in [-0.1, -0.05) is 61.9 Å². The Kier molecular flexibility index (Phi) is 8.11. The van der Waals surface area contributed by atoms with Crippen LogP contribution < -0.4 is 14.4 Å². The van der Waals surface area contributed by atoms with E-state index in [0.717, 1.165) is 15.4 Å². The van der Waals surface area contributed by atoms with E-state index in [0.29, 0.717) is 17.4 Å². The Bertz CT molecular complexity index is 1140. The van der Waals surface area contributed by atoms with Gasteiger partial charge in [-0.2, -0.15) is 0 Å². The zero-order valence-electron chi connectivity index (χ0n) is 19.2. The summed E-state index contributed by atoms with van der Waals surface area (Å²) in [5.41, 5.74) is 2.67. The summed E-state index contributed by atoms with van der Waals surface area (Å²) in [6.07, 6.45) is 0. The minimum atomic E-state index is -3.92. The maximum atomic E-state index is 13.4. The maximum Gasteiger partial charge on any atom is 0.264 e. The molecular weight excluding hydrogens is 436 g/mol. The predicted molar refractivity (Wildman–Crippen MR) is 131 cm³/mol. The number of carbonyl (C=O) groups excluding carboxylic acids is 1. The first-order valence-electron chi connectivity index (χ1n) is 10.9. The highest BCUT2D eigenvalue weighted by atomic mass is 32.2. The van der Waals surface area contributed by atoms with Gasteiger partial charge in [-0.05, 0) is 54.8 Å². The minimum Gasteiger partial charge on any atom is -0.492 e. The molecule has 0 radical (unpaired) electrons. The Hall–Kier alpha value is -3.32. The summed E-state index contributed by atoms with van der Waals surface area (Å²) >= 11 is 0. The van der Waals surface area contributed by atoms with Crippen LogP contribution >= 0.6 is 0 Å². The number of carbonyl (C=O) groups is 1. The molecule has 0 saturated heterocycles. The summed E-state index contributed by atoms with van der Waals surface area (Å²) in [5.74, 6) is 0.624. The van der Waals surface area contributed by atoms with Gasteiger partial charge in [-0.25, -0.2) is 8.42 Å². The second-order valence-electron chi connectivity index (χ2n) is 8.08. The summed E-state index contributed by atoms with van der Waals surface area (Å²) in [7, 11) is -3.92. The van der Waals surface area contributed by atoms with Crippen LogP contribution in [0.1, 0.15) is 30.9 Å². The molecule has 0 aliphatic heterocycles. The van der Waals surface area contributed by atoms with Crippen molar-refractivity contribution in [1.82, 2.24) is 5.32 Å². The van der Waals surface area contributed by atoms with Crippen molar-refractivity contribution in [2.24, 2.45) is 0 Å². The molecule has 0 spiro atoms. The lowest BCUT2D eigenvalue weighted by Crippen LogP contribution is -2.41. The van der Waals surface area contributed by atoms with E-state index >= 15 is 0 Å². The SMILES string of the molecule is Cc1ccc(OCCNC(=O)CN(c2ccc(C(C)C)cc2)S(=O)(=O)c2ccccc2)cc1. The van der Waals surface area contributed by atoms with Crippen LogP contribution in [0.4, 0.5) is 5.69 Å². The number of hydrogen-bond acceptors (Lipinski definition) is 4. The van der Waals surface area contributed by atoms with Gasteiger partial charge in [-0.15, -0.1) is 0 Å². The molecule has 6 nitrogen and oxygen atoms in total. The Labute approximate surface area is 196 Å². The monoisotopic (exact) mass is 466 g/mol. The third kappa shape index (κ3) is 6.58. The van der Waals surface area contributed by atoms with E-state index in [2.05, 4.69) is 19.2 Å². The molecule has 7 heteroatoms. The van der Waals surface area contributed by atoms with Crippen molar-refractivity contribution in [3.8, 4) is 5.75 Å². The first-order valence-corrected chi connectivity index (χ1v) is 12.4. The molecule has 0 fully saturated rings. The number of rotatable bonds is 10. The van der Waals surface area contributed by atoms with E-state index in [9.17, 15) is 13.2 Å². The zero-order valence-corrected chi connectivity index (χ0v) is 20.0. The number of sulfonamides is 1. The average molecular weight is 467 g/mol. The van der Waals surface area contributed by atoms with Crippen LogP contribution in [0.3, 0.4) is 0 Å². The highest BCUT2D eigenvalue weighted by Gasteiger charge is 2.27. The van der Waals surface area contributed by atoms with Crippen LogP contribution in [0.5, 0.6) is 5.75 Å². The molecule has 1 N–H and O–H groups in total. The third-order valence-corrected chi connectivity index (χ3v) is 6.97. The number of benzene rings is 3. The zero-order chi connectivity index (χ0) is 23.8. The molecular formula is C26H30N2O4S. The van der Waals surface area contributed by atoms with Crippen LogP contribution in [0, 0.1) is 6.92 Å². The number of amides is 1. The summed E-state index contributed by atoms with van der Waals surface area (Å²) in [4.78, 5) is 12.8. The first-order chi connectivity index (χ1) is 15.8. The second kappa shape index (κ2) is 11.0. The molecule has 0 atom stereocenters. The van der Waals surface area contributed by atoms with Crippen LogP contribution in [-0.2, 0) is 14.8 Å². The van der Waals surface area contributed by atoms with Crippen molar-refractivity contribution >= 4 is 21.6 Å². The quantitative estimate of drug-likeness (QED) is 0.446. The highest BCUT2D eigenvalue weighted by Crippen LogP contribution is 2.25. The Morgan fingerprint density at radius 2 is 1.58 bits per heavy atom. The van der Waals surface area contributed by atoms with E-state index in [1.165, 1.54) is 12.1 Å². The molecule has 3 aromatic carbocycles. The largest absolute Gasteiger partial charge is 0.492 e. The molecule has 0 aliphatic carbocycles. The Morgan fingerprint density at radius 3 is 2.18 bits per heavy atom. The Balaban J connectivity index is 1.71. The van der Waals surface area contributed by atoms with Crippen LogP contribution in [0.15, 0.2) is 83.8 Å². The number of nitrogens with one attached hydrogen (secondary N) is 1. The van der Waals surface area contributed by atoms with Crippen molar-refractivity contribution in [2.75, 3.05) is 24.0 Å². The van der Waals surface area contributed by atoms with Gasteiger partial charge in [0, 0.05) is 0 Å². The molecule has 174 valence electrons. The van der Waals surface area contributed by atoms with E-state index < -0.39 is 15.9 Å². The lowest BCUT2D eigenvalue weighted by atomic mass is 10.0.